The molecule has 5 heteroatoms. The highest BCUT2D eigenvalue weighted by Crippen LogP contribution is 2.42. The van der Waals surface area contributed by atoms with E-state index in [1.165, 1.54) is 0 Å². The predicted octanol–water partition coefficient (Wildman–Crippen LogP) is 7.21. The molecule has 4 rings (SSSR count). The average molecular weight is 485 g/mol. The van der Waals surface area contributed by atoms with E-state index < -0.39 is 0 Å². The summed E-state index contributed by atoms with van der Waals surface area (Å²) in [6.45, 7) is 12.6. The van der Waals surface area contributed by atoms with E-state index in [2.05, 4.69) is 46.5 Å². The molecule has 0 aliphatic rings. The molecule has 4 aromatic rings. The second-order valence-electron chi connectivity index (χ2n) is 11.3. The Balaban J connectivity index is 1.95. The van der Waals surface area contributed by atoms with E-state index >= 15 is 0 Å². The highest BCUT2D eigenvalue weighted by Gasteiger charge is 2.28. The van der Waals surface area contributed by atoms with E-state index in [1.807, 2.05) is 60.7 Å². The Morgan fingerprint density at radius 3 is 1.78 bits per heavy atom. The molecule has 1 heterocycles. The lowest BCUT2D eigenvalue weighted by Crippen LogP contribution is -2.17. The highest BCUT2D eigenvalue weighted by molar-refractivity contribution is 5.82. The van der Waals surface area contributed by atoms with Gasteiger partial charge < -0.3 is 19.9 Å². The molecule has 0 saturated heterocycles. The van der Waals surface area contributed by atoms with Crippen LogP contribution in [0.4, 0.5) is 0 Å². The molecule has 0 amide bonds. The van der Waals surface area contributed by atoms with Crippen molar-refractivity contribution in [3.63, 3.8) is 0 Å². The summed E-state index contributed by atoms with van der Waals surface area (Å²) < 4.78 is 5.35. The number of nitrogens with zero attached hydrogens (tertiary/aromatic N) is 1. The number of benzene rings is 3. The number of rotatable bonds is 5. The maximum atomic E-state index is 11.2. The smallest absolute Gasteiger partial charge is 0.138 e. The van der Waals surface area contributed by atoms with Gasteiger partial charge in [-0.1, -0.05) is 65.8 Å². The number of phenolic OH excluding ortho intramolecular Hbond substituents is 1. The van der Waals surface area contributed by atoms with Crippen LogP contribution in [0, 0.1) is 0 Å². The van der Waals surface area contributed by atoms with Crippen LogP contribution in [0.2, 0.25) is 0 Å². The Kier molecular flexibility index (Phi) is 6.72. The maximum Gasteiger partial charge on any atom is 0.138 e. The van der Waals surface area contributed by atoms with Gasteiger partial charge in [-0.25, -0.2) is 4.98 Å². The van der Waals surface area contributed by atoms with Crippen LogP contribution in [0.25, 0.3) is 33.9 Å². The van der Waals surface area contributed by atoms with Crippen molar-refractivity contribution in [1.29, 1.82) is 0 Å². The number of imidazole rings is 1. The number of aromatic amines is 1. The number of aliphatic hydroxyl groups excluding tert-OH is 1. The maximum absolute atomic E-state index is 11.2. The number of hydrogen-bond donors (Lipinski definition) is 3. The molecule has 5 nitrogen and oxygen atoms in total. The quantitative estimate of drug-likeness (QED) is 0.280. The van der Waals surface area contributed by atoms with E-state index in [0.717, 1.165) is 56.3 Å². The van der Waals surface area contributed by atoms with Crippen molar-refractivity contribution in [2.45, 2.75) is 59.0 Å². The Morgan fingerprint density at radius 1 is 0.778 bits per heavy atom. The van der Waals surface area contributed by atoms with Crippen molar-refractivity contribution in [2.75, 3.05) is 7.11 Å². The third kappa shape index (κ3) is 5.02. The number of ether oxygens (including phenoxy) is 1. The van der Waals surface area contributed by atoms with Gasteiger partial charge in [0.2, 0.25) is 0 Å². The van der Waals surface area contributed by atoms with Crippen molar-refractivity contribution < 1.29 is 14.9 Å². The average Bonchev–Trinajstić information content (AvgIpc) is 3.28. The van der Waals surface area contributed by atoms with E-state index in [4.69, 9.17) is 9.72 Å². The Bertz CT molecular complexity index is 1250. The van der Waals surface area contributed by atoms with Gasteiger partial charge in [-0.15, -0.1) is 0 Å². The Labute approximate surface area is 213 Å². The molecule has 0 saturated carbocycles. The second-order valence-corrected chi connectivity index (χ2v) is 11.3. The summed E-state index contributed by atoms with van der Waals surface area (Å²) in [7, 11) is 1.65. The van der Waals surface area contributed by atoms with Gasteiger partial charge in [0.05, 0.1) is 25.1 Å². The second kappa shape index (κ2) is 9.47. The summed E-state index contributed by atoms with van der Waals surface area (Å²) >= 11 is 0. The lowest BCUT2D eigenvalue weighted by Gasteiger charge is -2.28. The summed E-state index contributed by atoms with van der Waals surface area (Å²) in [5.41, 5.74) is 6.73. The molecule has 0 radical (unpaired) electrons. The van der Waals surface area contributed by atoms with Crippen molar-refractivity contribution in [1.82, 2.24) is 9.97 Å². The van der Waals surface area contributed by atoms with Crippen LogP contribution in [0.15, 0.2) is 60.7 Å². The first-order valence-electron chi connectivity index (χ1n) is 12.3. The van der Waals surface area contributed by atoms with E-state index in [-0.39, 0.29) is 17.4 Å². The number of aromatic nitrogens is 2. The molecule has 0 bridgehead atoms. The van der Waals surface area contributed by atoms with Crippen LogP contribution in [0.1, 0.15) is 58.2 Å². The SMILES string of the molecule is COc1ccc(-c2[nH]c(-c3cc(C(C)(C)C)c(O)c(C(C)(C)C)c3)nc2-c2ccc(CO)cc2)cc1. The summed E-state index contributed by atoms with van der Waals surface area (Å²) in [5, 5.41) is 20.7. The number of methoxy groups -OCH3 is 1. The molecule has 36 heavy (non-hydrogen) atoms. The number of hydrogen-bond acceptors (Lipinski definition) is 4. The summed E-state index contributed by atoms with van der Waals surface area (Å²) in [6.07, 6.45) is 0. The summed E-state index contributed by atoms with van der Waals surface area (Å²) in [6, 6.07) is 19.8. The Hall–Kier alpha value is -3.57. The van der Waals surface area contributed by atoms with E-state index in [0.29, 0.717) is 5.75 Å². The fourth-order valence-electron chi connectivity index (χ4n) is 4.37. The molecule has 1 aromatic heterocycles. The molecule has 0 atom stereocenters. The fourth-order valence-corrected chi connectivity index (χ4v) is 4.37. The first-order valence-corrected chi connectivity index (χ1v) is 12.3. The van der Waals surface area contributed by atoms with Crippen molar-refractivity contribution in [2.24, 2.45) is 0 Å². The van der Waals surface area contributed by atoms with Crippen molar-refractivity contribution in [3.05, 3.63) is 77.4 Å². The van der Waals surface area contributed by atoms with Crippen LogP contribution in [0.5, 0.6) is 11.5 Å². The third-order valence-electron chi connectivity index (χ3n) is 6.49. The Morgan fingerprint density at radius 2 is 1.31 bits per heavy atom. The molecule has 0 aliphatic heterocycles. The largest absolute Gasteiger partial charge is 0.507 e. The van der Waals surface area contributed by atoms with Gasteiger partial charge in [-0.05, 0) is 52.8 Å². The van der Waals surface area contributed by atoms with Gasteiger partial charge >= 0.3 is 0 Å². The lowest BCUT2D eigenvalue weighted by atomic mass is 9.78. The van der Waals surface area contributed by atoms with Crippen LogP contribution < -0.4 is 4.74 Å². The number of phenols is 1. The zero-order valence-electron chi connectivity index (χ0n) is 22.2. The molecule has 0 spiro atoms. The van der Waals surface area contributed by atoms with Gasteiger partial charge in [-0.3, -0.25) is 0 Å². The third-order valence-corrected chi connectivity index (χ3v) is 6.49. The monoisotopic (exact) mass is 484 g/mol. The minimum absolute atomic E-state index is 0.00387. The topological polar surface area (TPSA) is 78.4 Å². The fraction of sp³-hybridized carbons (Fsp3) is 0.323. The number of H-pyrrole nitrogens is 1. The lowest BCUT2D eigenvalue weighted by molar-refractivity contribution is 0.282. The number of aliphatic hydroxyl groups is 1. The van der Waals surface area contributed by atoms with Gasteiger partial charge in [0.15, 0.2) is 0 Å². The minimum atomic E-state index is -0.242. The first-order chi connectivity index (χ1) is 16.9. The van der Waals surface area contributed by atoms with Crippen molar-refractivity contribution >= 4 is 0 Å². The van der Waals surface area contributed by atoms with Crippen LogP contribution in [0.3, 0.4) is 0 Å². The molecular weight excluding hydrogens is 448 g/mol. The van der Waals surface area contributed by atoms with Gasteiger partial charge in [0.1, 0.15) is 17.3 Å². The normalized spacial score (nSPS) is 12.1. The van der Waals surface area contributed by atoms with Crippen LogP contribution in [-0.4, -0.2) is 27.3 Å². The highest BCUT2D eigenvalue weighted by atomic mass is 16.5. The zero-order valence-corrected chi connectivity index (χ0v) is 22.2. The molecule has 0 fully saturated rings. The summed E-state index contributed by atoms with van der Waals surface area (Å²) in [5.74, 6) is 1.87. The van der Waals surface area contributed by atoms with Crippen LogP contribution >= 0.6 is 0 Å². The zero-order chi connectivity index (χ0) is 26.3. The van der Waals surface area contributed by atoms with E-state index in [1.54, 1.807) is 7.11 Å². The molecule has 0 aliphatic carbocycles. The first kappa shape index (κ1) is 25.5. The standard InChI is InChI=1S/C31H36N2O3/c1-30(2,3)24-16-22(17-25(28(24)35)31(4,5)6)29-32-26(20-10-8-19(18-34)9-11-20)27(33-29)21-12-14-23(36-7)15-13-21/h8-17,34-35H,18H2,1-7H3,(H,32,33). The summed E-state index contributed by atoms with van der Waals surface area (Å²) in [4.78, 5) is 8.64. The predicted molar refractivity (Wildman–Crippen MR) is 146 cm³/mol. The van der Waals surface area contributed by atoms with Gasteiger partial charge in [-0.2, -0.15) is 0 Å². The minimum Gasteiger partial charge on any atom is -0.507 e. The van der Waals surface area contributed by atoms with Gasteiger partial charge in [0, 0.05) is 27.8 Å². The molecular formula is C31H36N2O3. The number of nitrogens with one attached hydrogen (secondary N) is 1. The number of aromatic hydroxyl groups is 1. The molecule has 188 valence electrons. The van der Waals surface area contributed by atoms with Gasteiger partial charge in [0.25, 0.3) is 0 Å². The molecule has 3 aromatic carbocycles. The molecule has 3 N–H and O–H groups in total. The van der Waals surface area contributed by atoms with E-state index in [9.17, 15) is 10.2 Å². The van der Waals surface area contributed by atoms with Crippen molar-refractivity contribution in [3.8, 4) is 45.4 Å². The van der Waals surface area contributed by atoms with Crippen LogP contribution in [-0.2, 0) is 17.4 Å². The molecule has 0 unspecified atom stereocenters.